The zero-order chi connectivity index (χ0) is 20.0. The van der Waals surface area contributed by atoms with Gasteiger partial charge in [0.2, 0.25) is 0 Å². The third kappa shape index (κ3) is 4.12. The lowest BCUT2D eigenvalue weighted by atomic mass is 9.93. The van der Waals surface area contributed by atoms with Crippen molar-refractivity contribution in [2.45, 2.75) is 12.1 Å². The zero-order valence-corrected chi connectivity index (χ0v) is 15.6. The molecule has 28 heavy (non-hydrogen) atoms. The van der Waals surface area contributed by atoms with Crippen LogP contribution in [0.5, 0.6) is 11.5 Å². The van der Waals surface area contributed by atoms with E-state index in [-0.39, 0.29) is 13.1 Å². The highest BCUT2D eigenvalue weighted by molar-refractivity contribution is 5.74. The van der Waals surface area contributed by atoms with E-state index in [0.717, 1.165) is 5.56 Å². The normalized spacial score (nSPS) is 12.8. The van der Waals surface area contributed by atoms with Gasteiger partial charge in [0, 0.05) is 12.1 Å². The Morgan fingerprint density at radius 3 is 2.57 bits per heavy atom. The van der Waals surface area contributed by atoms with Crippen molar-refractivity contribution in [3.05, 3.63) is 72.1 Å². The van der Waals surface area contributed by atoms with E-state index in [4.69, 9.17) is 18.3 Å². The second kappa shape index (κ2) is 8.53. The molecule has 3 aromatic rings. The van der Waals surface area contributed by atoms with Gasteiger partial charge in [-0.3, -0.25) is 0 Å². The van der Waals surface area contributed by atoms with Crippen LogP contribution in [0.2, 0.25) is 0 Å². The highest BCUT2D eigenvalue weighted by Gasteiger charge is 2.36. The van der Waals surface area contributed by atoms with Crippen LogP contribution in [0.3, 0.4) is 0 Å². The number of methoxy groups -OCH3 is 2. The molecular weight excluding hydrogens is 364 g/mol. The topological polar surface area (TPSA) is 106 Å². The van der Waals surface area contributed by atoms with Crippen LogP contribution in [0, 0.1) is 0 Å². The van der Waals surface area contributed by atoms with Crippen molar-refractivity contribution < 1.29 is 28.2 Å². The van der Waals surface area contributed by atoms with Crippen molar-refractivity contribution in [2.24, 2.45) is 0 Å². The van der Waals surface area contributed by atoms with Crippen LogP contribution in [-0.4, -0.2) is 31.9 Å². The maximum atomic E-state index is 12.2. The molecule has 148 valence electrons. The first-order valence-electron chi connectivity index (χ1n) is 8.58. The van der Waals surface area contributed by atoms with E-state index in [1.165, 1.54) is 18.8 Å². The molecule has 0 aliphatic carbocycles. The van der Waals surface area contributed by atoms with Gasteiger partial charge >= 0.3 is 6.03 Å². The van der Waals surface area contributed by atoms with E-state index < -0.39 is 11.6 Å². The van der Waals surface area contributed by atoms with E-state index in [0.29, 0.717) is 22.8 Å². The molecule has 1 aromatic carbocycles. The van der Waals surface area contributed by atoms with Gasteiger partial charge in [0.15, 0.2) is 17.1 Å². The van der Waals surface area contributed by atoms with Crippen LogP contribution in [0.1, 0.15) is 16.9 Å². The molecule has 2 heterocycles. The third-order valence-electron chi connectivity index (χ3n) is 4.33. The van der Waals surface area contributed by atoms with E-state index in [2.05, 4.69) is 10.6 Å². The number of urea groups is 1. The molecule has 8 nitrogen and oxygen atoms in total. The standard InChI is InChI=1S/C20H22N2O6/c1-25-16-6-5-14(10-17(16)26-2)11-21-19(23)22-13-20(24,15-7-9-27-12-15)18-4-3-8-28-18/h3-10,12,24H,11,13H2,1-2H3,(H2,21,22,23). The Morgan fingerprint density at radius 1 is 1.11 bits per heavy atom. The highest BCUT2D eigenvalue weighted by atomic mass is 16.5. The summed E-state index contributed by atoms with van der Waals surface area (Å²) in [5, 5.41) is 16.5. The van der Waals surface area contributed by atoms with Crippen LogP contribution in [0.15, 0.2) is 64.0 Å². The second-order valence-corrected chi connectivity index (χ2v) is 6.08. The quantitative estimate of drug-likeness (QED) is 0.550. The molecule has 0 bridgehead atoms. The molecule has 2 aromatic heterocycles. The predicted molar refractivity (Wildman–Crippen MR) is 100 cm³/mol. The fourth-order valence-electron chi connectivity index (χ4n) is 2.79. The summed E-state index contributed by atoms with van der Waals surface area (Å²) >= 11 is 0. The number of hydrogen-bond acceptors (Lipinski definition) is 6. The number of benzene rings is 1. The lowest BCUT2D eigenvalue weighted by molar-refractivity contribution is 0.0581. The molecule has 8 heteroatoms. The lowest BCUT2D eigenvalue weighted by Crippen LogP contribution is -2.45. The molecule has 0 saturated heterocycles. The number of carbonyl (C=O) groups excluding carboxylic acids is 1. The molecule has 0 spiro atoms. The fourth-order valence-corrected chi connectivity index (χ4v) is 2.79. The summed E-state index contributed by atoms with van der Waals surface area (Å²) in [6, 6.07) is 9.85. The Kier molecular flexibility index (Phi) is 5.90. The Balaban J connectivity index is 1.61. The lowest BCUT2D eigenvalue weighted by Gasteiger charge is -2.25. The van der Waals surface area contributed by atoms with Gasteiger partial charge in [0.25, 0.3) is 0 Å². The van der Waals surface area contributed by atoms with Crippen molar-refractivity contribution in [2.75, 3.05) is 20.8 Å². The number of hydrogen-bond donors (Lipinski definition) is 3. The van der Waals surface area contributed by atoms with Gasteiger partial charge in [-0.25, -0.2) is 4.79 Å². The van der Waals surface area contributed by atoms with Crippen molar-refractivity contribution in [3.63, 3.8) is 0 Å². The molecule has 3 N–H and O–H groups in total. The molecule has 0 aliphatic rings. The highest BCUT2D eigenvalue weighted by Crippen LogP contribution is 2.30. The summed E-state index contributed by atoms with van der Waals surface area (Å²) < 4.78 is 20.8. The first kappa shape index (κ1) is 19.4. The first-order valence-corrected chi connectivity index (χ1v) is 8.58. The van der Waals surface area contributed by atoms with Gasteiger partial charge in [0.1, 0.15) is 5.76 Å². The van der Waals surface area contributed by atoms with E-state index in [9.17, 15) is 9.90 Å². The molecule has 3 rings (SSSR count). The van der Waals surface area contributed by atoms with Gasteiger partial charge in [-0.1, -0.05) is 6.07 Å². The van der Waals surface area contributed by atoms with Crippen LogP contribution in [0.4, 0.5) is 4.79 Å². The maximum absolute atomic E-state index is 12.2. The maximum Gasteiger partial charge on any atom is 0.315 e. The number of rotatable bonds is 8. The van der Waals surface area contributed by atoms with Crippen molar-refractivity contribution >= 4 is 6.03 Å². The molecule has 1 unspecified atom stereocenters. The summed E-state index contributed by atoms with van der Waals surface area (Å²) in [6.07, 6.45) is 4.31. The first-order chi connectivity index (χ1) is 13.6. The molecule has 0 fully saturated rings. The Morgan fingerprint density at radius 2 is 1.93 bits per heavy atom. The van der Waals surface area contributed by atoms with Crippen LogP contribution >= 0.6 is 0 Å². The number of amides is 2. The van der Waals surface area contributed by atoms with Gasteiger partial charge in [-0.15, -0.1) is 0 Å². The second-order valence-electron chi connectivity index (χ2n) is 6.08. The molecule has 2 amide bonds. The number of carbonyl (C=O) groups is 1. The van der Waals surface area contributed by atoms with Crippen LogP contribution in [0.25, 0.3) is 0 Å². The smallest absolute Gasteiger partial charge is 0.315 e. The molecule has 1 atom stereocenters. The van der Waals surface area contributed by atoms with E-state index in [1.807, 2.05) is 6.07 Å². The molecule has 0 saturated carbocycles. The minimum atomic E-state index is -1.54. The van der Waals surface area contributed by atoms with Gasteiger partial charge < -0.3 is 34.0 Å². The average molecular weight is 386 g/mol. The molecule has 0 aliphatic heterocycles. The van der Waals surface area contributed by atoms with Crippen LogP contribution < -0.4 is 20.1 Å². The Labute approximate surface area is 162 Å². The number of ether oxygens (including phenoxy) is 2. The minimum absolute atomic E-state index is 0.0994. The van der Waals surface area contributed by atoms with Crippen molar-refractivity contribution in [3.8, 4) is 11.5 Å². The predicted octanol–water partition coefficient (Wildman–Crippen LogP) is 2.63. The van der Waals surface area contributed by atoms with Crippen LogP contribution in [-0.2, 0) is 12.1 Å². The van der Waals surface area contributed by atoms with Gasteiger partial charge in [-0.05, 0) is 35.9 Å². The largest absolute Gasteiger partial charge is 0.493 e. The number of aliphatic hydroxyl groups is 1. The minimum Gasteiger partial charge on any atom is -0.493 e. The average Bonchev–Trinajstić information content (AvgIpc) is 3.44. The molecule has 0 radical (unpaired) electrons. The Bertz CT molecular complexity index is 855. The number of nitrogens with one attached hydrogen (secondary N) is 2. The third-order valence-corrected chi connectivity index (χ3v) is 4.33. The molecular formula is C20H22N2O6. The summed E-state index contributed by atoms with van der Waals surface area (Å²) in [5.74, 6) is 1.49. The van der Waals surface area contributed by atoms with E-state index in [1.54, 1.807) is 44.6 Å². The van der Waals surface area contributed by atoms with E-state index >= 15 is 0 Å². The summed E-state index contributed by atoms with van der Waals surface area (Å²) in [7, 11) is 3.11. The number of furan rings is 2. The summed E-state index contributed by atoms with van der Waals surface area (Å²) in [5.41, 5.74) is -0.233. The summed E-state index contributed by atoms with van der Waals surface area (Å²) in [4.78, 5) is 12.2. The fraction of sp³-hybridized carbons (Fsp3) is 0.250. The van der Waals surface area contributed by atoms with Crippen molar-refractivity contribution in [1.82, 2.24) is 10.6 Å². The summed E-state index contributed by atoms with van der Waals surface area (Å²) in [6.45, 7) is 0.175. The van der Waals surface area contributed by atoms with Gasteiger partial charge in [0.05, 0.1) is 39.6 Å². The Hall–Kier alpha value is -3.39. The zero-order valence-electron chi connectivity index (χ0n) is 15.6. The SMILES string of the molecule is COc1ccc(CNC(=O)NCC(O)(c2ccoc2)c2ccco2)cc1OC. The van der Waals surface area contributed by atoms with Crippen molar-refractivity contribution in [1.29, 1.82) is 0 Å². The van der Waals surface area contributed by atoms with Gasteiger partial charge in [-0.2, -0.15) is 0 Å². The monoisotopic (exact) mass is 386 g/mol.